The van der Waals surface area contributed by atoms with Gasteiger partial charge in [0.1, 0.15) is 11.6 Å². The number of fused-ring (bicyclic) bond motifs is 1. The normalized spacial score (nSPS) is 11.3. The summed E-state index contributed by atoms with van der Waals surface area (Å²) in [6.07, 6.45) is 3.49. The summed E-state index contributed by atoms with van der Waals surface area (Å²) in [6.45, 7) is 4.88. The van der Waals surface area contributed by atoms with Gasteiger partial charge in [0.15, 0.2) is 17.0 Å². The first-order chi connectivity index (χ1) is 13.6. The Hall–Kier alpha value is -3.42. The second kappa shape index (κ2) is 7.67. The summed E-state index contributed by atoms with van der Waals surface area (Å²) in [5.74, 6) is 1.15. The lowest BCUT2D eigenvalue weighted by Gasteiger charge is -2.10. The predicted molar refractivity (Wildman–Crippen MR) is 104 cm³/mol. The van der Waals surface area contributed by atoms with Gasteiger partial charge in [-0.05, 0) is 23.8 Å². The van der Waals surface area contributed by atoms with Gasteiger partial charge in [-0.15, -0.1) is 5.10 Å². The Bertz CT molecular complexity index is 1090. The Labute approximate surface area is 161 Å². The first-order valence-electron chi connectivity index (χ1n) is 9.09. The number of halogens is 1. The molecule has 7 nitrogen and oxygen atoms in total. The molecule has 0 saturated carbocycles. The van der Waals surface area contributed by atoms with E-state index in [0.29, 0.717) is 34.9 Å². The third kappa shape index (κ3) is 3.66. The number of nitrogens with zero attached hydrogens (tertiary/aromatic N) is 6. The van der Waals surface area contributed by atoms with Gasteiger partial charge in [0.25, 0.3) is 0 Å². The summed E-state index contributed by atoms with van der Waals surface area (Å²) >= 11 is 0. The molecular weight excluding hydrogens is 357 g/mol. The van der Waals surface area contributed by atoms with Gasteiger partial charge in [-0.25, -0.2) is 19.0 Å². The van der Waals surface area contributed by atoms with Crippen LogP contribution in [-0.4, -0.2) is 29.9 Å². The molecule has 0 aliphatic carbocycles. The molecule has 0 saturated heterocycles. The third-order valence-electron chi connectivity index (χ3n) is 4.38. The van der Waals surface area contributed by atoms with Crippen molar-refractivity contribution in [3.05, 3.63) is 71.6 Å². The molecule has 8 heteroatoms. The van der Waals surface area contributed by atoms with Crippen LogP contribution in [0.4, 0.5) is 10.2 Å². The van der Waals surface area contributed by atoms with Crippen molar-refractivity contribution in [3.63, 3.8) is 0 Å². The van der Waals surface area contributed by atoms with Crippen molar-refractivity contribution in [2.75, 3.05) is 5.32 Å². The average Bonchev–Trinajstić information content (AvgIpc) is 3.11. The summed E-state index contributed by atoms with van der Waals surface area (Å²) in [4.78, 5) is 13.3. The molecule has 0 radical (unpaired) electrons. The number of rotatable bonds is 6. The molecule has 142 valence electrons. The van der Waals surface area contributed by atoms with Crippen molar-refractivity contribution in [1.82, 2.24) is 29.9 Å². The Kier molecular flexibility index (Phi) is 4.92. The van der Waals surface area contributed by atoms with Crippen LogP contribution in [0, 0.1) is 5.82 Å². The van der Waals surface area contributed by atoms with Gasteiger partial charge in [0.2, 0.25) is 0 Å². The first kappa shape index (κ1) is 18.0. The van der Waals surface area contributed by atoms with Crippen LogP contribution in [0.1, 0.15) is 36.7 Å². The fourth-order valence-electron chi connectivity index (χ4n) is 2.84. The van der Waals surface area contributed by atoms with Crippen LogP contribution in [-0.2, 0) is 13.1 Å². The summed E-state index contributed by atoms with van der Waals surface area (Å²) in [7, 11) is 0. The quantitative estimate of drug-likeness (QED) is 0.553. The number of hydrogen-bond donors (Lipinski definition) is 1. The summed E-state index contributed by atoms with van der Waals surface area (Å²) in [5.41, 5.74) is 2.76. The molecule has 3 aromatic heterocycles. The minimum absolute atomic E-state index is 0.127. The molecule has 1 aromatic carbocycles. The Morgan fingerprint density at radius 1 is 1.07 bits per heavy atom. The molecular formula is C20H20FN7. The molecule has 3 heterocycles. The van der Waals surface area contributed by atoms with E-state index < -0.39 is 0 Å². The largest absolute Gasteiger partial charge is 0.364 e. The van der Waals surface area contributed by atoms with Crippen LogP contribution in [0.5, 0.6) is 0 Å². The minimum Gasteiger partial charge on any atom is -0.364 e. The maximum atomic E-state index is 14.1. The third-order valence-corrected chi connectivity index (χ3v) is 4.38. The molecule has 4 aromatic rings. The molecule has 1 N–H and O–H groups in total. The van der Waals surface area contributed by atoms with Gasteiger partial charge >= 0.3 is 0 Å². The fourth-order valence-corrected chi connectivity index (χ4v) is 2.84. The van der Waals surface area contributed by atoms with Crippen molar-refractivity contribution in [1.29, 1.82) is 0 Å². The molecule has 0 aliphatic heterocycles. The van der Waals surface area contributed by atoms with E-state index in [4.69, 9.17) is 0 Å². The second-order valence-corrected chi connectivity index (χ2v) is 6.80. The molecule has 0 amide bonds. The van der Waals surface area contributed by atoms with Crippen LogP contribution >= 0.6 is 0 Å². The second-order valence-electron chi connectivity index (χ2n) is 6.80. The molecule has 0 aliphatic rings. The number of nitrogens with one attached hydrogen (secondary N) is 1. The molecule has 28 heavy (non-hydrogen) atoms. The SMILES string of the molecule is CC(C)c1nc(NCc2ccncc2)c2nnn(Cc3ccccc3F)c2n1. The Morgan fingerprint density at radius 2 is 1.86 bits per heavy atom. The predicted octanol–water partition coefficient (Wildman–Crippen LogP) is 3.54. The zero-order chi connectivity index (χ0) is 19.5. The highest BCUT2D eigenvalue weighted by Crippen LogP contribution is 2.22. The van der Waals surface area contributed by atoms with Crippen molar-refractivity contribution >= 4 is 17.0 Å². The van der Waals surface area contributed by atoms with Crippen molar-refractivity contribution in [3.8, 4) is 0 Å². The van der Waals surface area contributed by atoms with E-state index in [1.807, 2.05) is 26.0 Å². The zero-order valence-corrected chi connectivity index (χ0v) is 15.7. The van der Waals surface area contributed by atoms with E-state index in [2.05, 4.69) is 30.6 Å². The maximum Gasteiger partial charge on any atom is 0.184 e. The first-order valence-corrected chi connectivity index (χ1v) is 9.09. The van der Waals surface area contributed by atoms with Gasteiger partial charge in [-0.1, -0.05) is 37.3 Å². The van der Waals surface area contributed by atoms with Crippen LogP contribution in [0.25, 0.3) is 11.2 Å². The number of benzene rings is 1. The van der Waals surface area contributed by atoms with E-state index in [9.17, 15) is 4.39 Å². The lowest BCUT2D eigenvalue weighted by Crippen LogP contribution is -2.09. The van der Waals surface area contributed by atoms with Gasteiger partial charge in [0.05, 0.1) is 6.54 Å². The van der Waals surface area contributed by atoms with Crippen molar-refractivity contribution in [2.45, 2.75) is 32.9 Å². The topological polar surface area (TPSA) is 81.4 Å². The van der Waals surface area contributed by atoms with E-state index in [-0.39, 0.29) is 18.3 Å². The fraction of sp³-hybridized carbons (Fsp3) is 0.250. The highest BCUT2D eigenvalue weighted by molar-refractivity contribution is 5.82. The van der Waals surface area contributed by atoms with E-state index in [1.54, 1.807) is 35.3 Å². The summed E-state index contributed by atoms with van der Waals surface area (Å²) in [6, 6.07) is 10.5. The highest BCUT2D eigenvalue weighted by Gasteiger charge is 2.17. The summed E-state index contributed by atoms with van der Waals surface area (Å²) in [5, 5.41) is 11.8. The van der Waals surface area contributed by atoms with Crippen LogP contribution < -0.4 is 5.32 Å². The van der Waals surface area contributed by atoms with Gasteiger partial charge in [-0.3, -0.25) is 4.98 Å². The molecule has 0 fully saturated rings. The van der Waals surface area contributed by atoms with Gasteiger partial charge in [-0.2, -0.15) is 0 Å². The van der Waals surface area contributed by atoms with E-state index in [1.165, 1.54) is 6.07 Å². The van der Waals surface area contributed by atoms with Crippen LogP contribution in [0.2, 0.25) is 0 Å². The number of hydrogen-bond acceptors (Lipinski definition) is 6. The maximum absolute atomic E-state index is 14.1. The van der Waals surface area contributed by atoms with E-state index >= 15 is 0 Å². The van der Waals surface area contributed by atoms with Crippen LogP contribution in [0.15, 0.2) is 48.8 Å². The molecule has 0 bridgehead atoms. The monoisotopic (exact) mass is 377 g/mol. The average molecular weight is 377 g/mol. The molecule has 0 unspecified atom stereocenters. The number of pyridine rings is 1. The Balaban J connectivity index is 1.71. The lowest BCUT2D eigenvalue weighted by molar-refractivity contribution is 0.581. The zero-order valence-electron chi connectivity index (χ0n) is 15.7. The number of aromatic nitrogens is 6. The van der Waals surface area contributed by atoms with Crippen LogP contribution in [0.3, 0.4) is 0 Å². The minimum atomic E-state index is -0.277. The Morgan fingerprint density at radius 3 is 2.61 bits per heavy atom. The summed E-state index contributed by atoms with van der Waals surface area (Å²) < 4.78 is 15.7. The lowest BCUT2D eigenvalue weighted by atomic mass is 10.2. The number of anilines is 1. The van der Waals surface area contributed by atoms with E-state index in [0.717, 1.165) is 5.56 Å². The standard InChI is InChI=1S/C20H20FN7/c1-13(2)18-24-19(23-11-14-7-9-22-10-8-14)17-20(25-18)28(27-26-17)12-15-5-3-4-6-16(15)21/h3-10,13H,11-12H2,1-2H3,(H,23,24,25). The van der Waals surface area contributed by atoms with Crippen molar-refractivity contribution < 1.29 is 4.39 Å². The smallest absolute Gasteiger partial charge is 0.184 e. The van der Waals surface area contributed by atoms with Crippen molar-refractivity contribution in [2.24, 2.45) is 0 Å². The highest BCUT2D eigenvalue weighted by atomic mass is 19.1. The molecule has 4 rings (SSSR count). The molecule has 0 spiro atoms. The van der Waals surface area contributed by atoms with Gasteiger partial charge in [0, 0.05) is 30.4 Å². The van der Waals surface area contributed by atoms with Gasteiger partial charge < -0.3 is 5.32 Å². The molecule has 0 atom stereocenters.